The number of phenols is 1. The third-order valence-electron chi connectivity index (χ3n) is 1.33. The number of rotatable bonds is 1. The molecule has 0 amide bonds. The minimum Gasteiger partial charge on any atom is -0.506 e. The van der Waals surface area contributed by atoms with Gasteiger partial charge < -0.3 is 5.11 Å². The van der Waals surface area contributed by atoms with E-state index >= 15 is 0 Å². The van der Waals surface area contributed by atoms with Crippen molar-refractivity contribution in [2.45, 2.75) is 0 Å². The largest absolute Gasteiger partial charge is 0.506 e. The smallest absolute Gasteiger partial charge is 0.143 e. The van der Waals surface area contributed by atoms with E-state index in [1.807, 2.05) is 0 Å². The summed E-state index contributed by atoms with van der Waals surface area (Å²) in [6.07, 6.45) is 1.49. The number of nitrogens with zero attached hydrogens (tertiary/aromatic N) is 1. The van der Waals surface area contributed by atoms with E-state index in [0.29, 0.717) is 10.6 Å². The Morgan fingerprint density at radius 3 is 2.67 bits per heavy atom. The molecule has 4 heteroatoms. The predicted octanol–water partition coefficient (Wildman–Crippen LogP) is 2.75. The first kappa shape index (κ1) is 9.36. The molecule has 0 saturated heterocycles. The summed E-state index contributed by atoms with van der Waals surface area (Å²) in [6, 6.07) is 3.07. The molecule has 0 aliphatic heterocycles. The topological polar surface area (TPSA) is 32.6 Å². The molecule has 0 saturated carbocycles. The molecule has 0 aliphatic carbocycles. The maximum atomic E-state index is 9.37. The number of aliphatic imine (C=N–C) groups is 1. The monoisotopic (exact) mass is 203 g/mol. The van der Waals surface area contributed by atoms with Gasteiger partial charge in [-0.1, -0.05) is 23.2 Å². The summed E-state index contributed by atoms with van der Waals surface area (Å²) < 4.78 is 0. The number of hydrogen-bond acceptors (Lipinski definition) is 2. The quantitative estimate of drug-likeness (QED) is 0.700. The van der Waals surface area contributed by atoms with Gasteiger partial charge in [0, 0.05) is 23.8 Å². The molecule has 2 nitrogen and oxygen atoms in total. The van der Waals surface area contributed by atoms with Gasteiger partial charge in [-0.25, -0.2) is 0 Å². The lowest BCUT2D eigenvalue weighted by molar-refractivity contribution is 0.475. The molecule has 12 heavy (non-hydrogen) atoms. The molecule has 64 valence electrons. The van der Waals surface area contributed by atoms with Gasteiger partial charge in [0.05, 0.1) is 5.02 Å². The maximum absolute atomic E-state index is 9.37. The van der Waals surface area contributed by atoms with Gasteiger partial charge in [-0.3, -0.25) is 4.99 Å². The van der Waals surface area contributed by atoms with Gasteiger partial charge in [0.15, 0.2) is 0 Å². The highest BCUT2D eigenvalue weighted by molar-refractivity contribution is 6.36. The Bertz CT molecular complexity index is 323. The van der Waals surface area contributed by atoms with Crippen LogP contribution in [0.4, 0.5) is 0 Å². The number of hydrogen-bond donors (Lipinski definition) is 1. The minimum atomic E-state index is 0.00617. The van der Waals surface area contributed by atoms with Gasteiger partial charge in [0.1, 0.15) is 5.75 Å². The normalized spacial score (nSPS) is 10.9. The van der Waals surface area contributed by atoms with Gasteiger partial charge >= 0.3 is 0 Å². The lowest BCUT2D eigenvalue weighted by atomic mass is 10.2. The summed E-state index contributed by atoms with van der Waals surface area (Å²) in [7, 11) is 1.61. The molecule has 1 N–H and O–H groups in total. The molecule has 0 unspecified atom stereocenters. The van der Waals surface area contributed by atoms with Crippen LogP contribution < -0.4 is 0 Å². The van der Waals surface area contributed by atoms with Crippen LogP contribution in [-0.2, 0) is 0 Å². The summed E-state index contributed by atoms with van der Waals surface area (Å²) in [5, 5.41) is 10.1. The predicted molar refractivity (Wildman–Crippen MR) is 51.6 cm³/mol. The van der Waals surface area contributed by atoms with E-state index in [0.717, 1.165) is 0 Å². The van der Waals surface area contributed by atoms with Gasteiger partial charge in [0.2, 0.25) is 0 Å². The zero-order valence-corrected chi connectivity index (χ0v) is 7.89. The highest BCUT2D eigenvalue weighted by Crippen LogP contribution is 2.29. The number of halogens is 2. The number of phenolic OH excluding ortho intramolecular Hbond substituents is 1. The standard InChI is InChI=1S/C8H7Cl2NO/c1-11-4-5-2-6(9)3-7(10)8(5)12/h2-4,12H,1H3. The Hall–Kier alpha value is -0.730. The number of benzene rings is 1. The second kappa shape index (κ2) is 3.78. The van der Waals surface area contributed by atoms with E-state index in [4.69, 9.17) is 23.2 Å². The molecule has 1 aromatic carbocycles. The van der Waals surface area contributed by atoms with Crippen molar-refractivity contribution in [3.8, 4) is 5.75 Å². The SMILES string of the molecule is CN=Cc1cc(Cl)cc(Cl)c1O. The number of aromatic hydroxyl groups is 1. The summed E-state index contributed by atoms with van der Waals surface area (Å²) >= 11 is 11.4. The molecule has 0 radical (unpaired) electrons. The highest BCUT2D eigenvalue weighted by Gasteiger charge is 2.04. The zero-order valence-electron chi connectivity index (χ0n) is 6.38. The first-order valence-electron chi connectivity index (χ1n) is 3.25. The van der Waals surface area contributed by atoms with E-state index in [2.05, 4.69) is 4.99 Å². The third-order valence-corrected chi connectivity index (χ3v) is 1.83. The van der Waals surface area contributed by atoms with Crippen LogP contribution in [0.1, 0.15) is 5.56 Å². The summed E-state index contributed by atoms with van der Waals surface area (Å²) in [5.74, 6) is 0.00617. The van der Waals surface area contributed by atoms with Crippen LogP contribution in [0.3, 0.4) is 0 Å². The van der Waals surface area contributed by atoms with E-state index < -0.39 is 0 Å². The molecule has 1 aromatic rings. The Kier molecular flexibility index (Phi) is 2.95. The van der Waals surface area contributed by atoms with Gasteiger partial charge in [-0.05, 0) is 12.1 Å². The minimum absolute atomic E-state index is 0.00617. The second-order valence-corrected chi connectivity index (χ2v) is 3.06. The molecule has 0 aromatic heterocycles. The van der Waals surface area contributed by atoms with Gasteiger partial charge in [-0.2, -0.15) is 0 Å². The van der Waals surface area contributed by atoms with Crippen molar-refractivity contribution in [2.24, 2.45) is 4.99 Å². The maximum Gasteiger partial charge on any atom is 0.143 e. The fourth-order valence-corrected chi connectivity index (χ4v) is 1.33. The van der Waals surface area contributed by atoms with Crippen molar-refractivity contribution in [3.05, 3.63) is 27.7 Å². The van der Waals surface area contributed by atoms with Crippen molar-refractivity contribution >= 4 is 29.4 Å². The third kappa shape index (κ3) is 1.90. The fraction of sp³-hybridized carbons (Fsp3) is 0.125. The lowest BCUT2D eigenvalue weighted by Crippen LogP contribution is -1.83. The zero-order chi connectivity index (χ0) is 9.14. The van der Waals surface area contributed by atoms with Crippen LogP contribution in [0.2, 0.25) is 10.0 Å². The van der Waals surface area contributed by atoms with Crippen molar-refractivity contribution in [2.75, 3.05) is 7.05 Å². The van der Waals surface area contributed by atoms with Gasteiger partial charge in [-0.15, -0.1) is 0 Å². The molecular weight excluding hydrogens is 197 g/mol. The molecule has 0 atom stereocenters. The molecular formula is C8H7Cl2NO. The van der Waals surface area contributed by atoms with Crippen LogP contribution in [0.15, 0.2) is 17.1 Å². The Balaban J connectivity index is 3.27. The first-order chi connectivity index (χ1) is 5.65. The second-order valence-electron chi connectivity index (χ2n) is 2.21. The van der Waals surface area contributed by atoms with E-state index in [1.54, 1.807) is 13.1 Å². The summed E-state index contributed by atoms with van der Waals surface area (Å²) in [5.41, 5.74) is 0.523. The molecule has 0 fully saturated rings. The molecule has 0 bridgehead atoms. The molecule has 1 rings (SSSR count). The molecule has 0 spiro atoms. The van der Waals surface area contributed by atoms with Crippen molar-refractivity contribution in [1.82, 2.24) is 0 Å². The van der Waals surface area contributed by atoms with E-state index in [-0.39, 0.29) is 10.8 Å². The Morgan fingerprint density at radius 1 is 1.42 bits per heavy atom. The highest BCUT2D eigenvalue weighted by atomic mass is 35.5. The van der Waals surface area contributed by atoms with Crippen molar-refractivity contribution in [3.63, 3.8) is 0 Å². The average molecular weight is 204 g/mol. The average Bonchev–Trinajstić information content (AvgIpc) is 2.00. The summed E-state index contributed by atoms with van der Waals surface area (Å²) in [4.78, 5) is 3.75. The Morgan fingerprint density at radius 2 is 2.08 bits per heavy atom. The summed E-state index contributed by atoms with van der Waals surface area (Å²) in [6.45, 7) is 0. The van der Waals surface area contributed by atoms with Crippen LogP contribution in [0, 0.1) is 0 Å². The lowest BCUT2D eigenvalue weighted by Gasteiger charge is -2.01. The molecule has 0 aliphatic rings. The van der Waals surface area contributed by atoms with E-state index in [1.165, 1.54) is 12.3 Å². The van der Waals surface area contributed by atoms with Crippen LogP contribution in [-0.4, -0.2) is 18.4 Å². The van der Waals surface area contributed by atoms with Crippen molar-refractivity contribution < 1.29 is 5.11 Å². The van der Waals surface area contributed by atoms with Crippen molar-refractivity contribution in [1.29, 1.82) is 0 Å². The first-order valence-corrected chi connectivity index (χ1v) is 4.01. The van der Waals surface area contributed by atoms with Crippen LogP contribution >= 0.6 is 23.2 Å². The fourth-order valence-electron chi connectivity index (χ4n) is 0.823. The molecule has 0 heterocycles. The van der Waals surface area contributed by atoms with Gasteiger partial charge in [0.25, 0.3) is 0 Å². The van der Waals surface area contributed by atoms with Crippen LogP contribution in [0.5, 0.6) is 5.75 Å². The Labute approximate surface area is 80.5 Å². The van der Waals surface area contributed by atoms with E-state index in [9.17, 15) is 5.11 Å². The van der Waals surface area contributed by atoms with Crippen LogP contribution in [0.25, 0.3) is 0 Å².